The van der Waals surface area contributed by atoms with E-state index in [0.29, 0.717) is 24.4 Å². The van der Waals surface area contributed by atoms with Crippen LogP contribution in [0.2, 0.25) is 0 Å². The third kappa shape index (κ3) is 1.84. The molecule has 4 heteroatoms. The first-order valence-corrected chi connectivity index (χ1v) is 4.56. The van der Waals surface area contributed by atoms with Crippen LogP contribution in [0.4, 0.5) is 8.78 Å². The van der Waals surface area contributed by atoms with E-state index in [0.717, 1.165) is 12.8 Å². The molecular weight excluding hydrogens is 190 g/mol. The third-order valence-corrected chi connectivity index (χ3v) is 2.35. The predicted molar refractivity (Wildman–Crippen MR) is 45.5 cm³/mol. The SMILES string of the molecule is O=Cc1cc(CC2CC2)oc1C(F)F. The van der Waals surface area contributed by atoms with Crippen LogP contribution in [0, 0.1) is 5.92 Å². The highest BCUT2D eigenvalue weighted by molar-refractivity contribution is 5.76. The van der Waals surface area contributed by atoms with Gasteiger partial charge in [-0.1, -0.05) is 0 Å². The molecule has 1 aliphatic rings. The third-order valence-electron chi connectivity index (χ3n) is 2.35. The fraction of sp³-hybridized carbons (Fsp3) is 0.500. The van der Waals surface area contributed by atoms with E-state index in [1.54, 1.807) is 0 Å². The van der Waals surface area contributed by atoms with Gasteiger partial charge >= 0.3 is 0 Å². The molecule has 0 N–H and O–H groups in total. The maximum atomic E-state index is 12.3. The van der Waals surface area contributed by atoms with Gasteiger partial charge in [0.15, 0.2) is 12.0 Å². The molecule has 0 spiro atoms. The van der Waals surface area contributed by atoms with Gasteiger partial charge in [0.05, 0.1) is 5.56 Å². The van der Waals surface area contributed by atoms with Crippen molar-refractivity contribution in [3.05, 3.63) is 23.2 Å². The Bertz CT molecular complexity index is 340. The lowest BCUT2D eigenvalue weighted by Gasteiger charge is -1.94. The van der Waals surface area contributed by atoms with Crippen molar-refractivity contribution in [2.24, 2.45) is 5.92 Å². The molecule has 2 rings (SSSR count). The molecule has 1 heterocycles. The number of hydrogen-bond acceptors (Lipinski definition) is 2. The number of alkyl halides is 2. The molecule has 0 atom stereocenters. The number of halogens is 2. The number of hydrogen-bond donors (Lipinski definition) is 0. The average molecular weight is 200 g/mol. The quantitative estimate of drug-likeness (QED) is 0.699. The fourth-order valence-corrected chi connectivity index (χ4v) is 1.44. The molecule has 1 aromatic rings. The van der Waals surface area contributed by atoms with Crippen LogP contribution in [-0.4, -0.2) is 6.29 Å². The summed E-state index contributed by atoms with van der Waals surface area (Å²) >= 11 is 0. The van der Waals surface area contributed by atoms with Gasteiger partial charge in [0.1, 0.15) is 5.76 Å². The molecule has 14 heavy (non-hydrogen) atoms. The lowest BCUT2D eigenvalue weighted by atomic mass is 10.2. The summed E-state index contributed by atoms with van der Waals surface area (Å²) < 4.78 is 29.6. The number of aldehydes is 1. The van der Waals surface area contributed by atoms with Gasteiger partial charge in [-0.2, -0.15) is 0 Å². The molecule has 0 aromatic carbocycles. The molecule has 76 valence electrons. The van der Waals surface area contributed by atoms with Crippen molar-refractivity contribution >= 4 is 6.29 Å². The van der Waals surface area contributed by atoms with E-state index in [-0.39, 0.29) is 5.56 Å². The van der Waals surface area contributed by atoms with Crippen LogP contribution in [0.5, 0.6) is 0 Å². The van der Waals surface area contributed by atoms with Crippen molar-refractivity contribution in [2.75, 3.05) is 0 Å². The second-order valence-electron chi connectivity index (χ2n) is 3.60. The molecule has 1 aliphatic carbocycles. The summed E-state index contributed by atoms with van der Waals surface area (Å²) in [5.41, 5.74) is -0.0179. The predicted octanol–water partition coefficient (Wildman–Crippen LogP) is 2.98. The van der Waals surface area contributed by atoms with Gasteiger partial charge in [0.25, 0.3) is 6.43 Å². The number of furan rings is 1. The van der Waals surface area contributed by atoms with Gasteiger partial charge in [-0.15, -0.1) is 0 Å². The number of carbonyl (C=O) groups is 1. The summed E-state index contributed by atoms with van der Waals surface area (Å²) in [5, 5.41) is 0. The molecule has 0 unspecified atom stereocenters. The Morgan fingerprint density at radius 1 is 1.57 bits per heavy atom. The summed E-state index contributed by atoms with van der Waals surface area (Å²) in [7, 11) is 0. The van der Waals surface area contributed by atoms with E-state index in [1.165, 1.54) is 6.07 Å². The van der Waals surface area contributed by atoms with Crippen molar-refractivity contribution in [2.45, 2.75) is 25.7 Å². The topological polar surface area (TPSA) is 30.2 Å². The highest BCUT2D eigenvalue weighted by atomic mass is 19.3. The molecule has 0 amide bonds. The van der Waals surface area contributed by atoms with Crippen molar-refractivity contribution in [1.82, 2.24) is 0 Å². The zero-order valence-electron chi connectivity index (χ0n) is 7.50. The van der Waals surface area contributed by atoms with E-state index in [4.69, 9.17) is 4.42 Å². The smallest absolute Gasteiger partial charge is 0.296 e. The highest BCUT2D eigenvalue weighted by Crippen LogP contribution is 2.34. The standard InChI is InChI=1S/C10H10F2O2/c11-10(12)9-7(5-13)4-8(14-9)3-6-1-2-6/h4-6,10H,1-3H2. The summed E-state index contributed by atoms with van der Waals surface area (Å²) in [6.45, 7) is 0. The molecule has 1 saturated carbocycles. The van der Waals surface area contributed by atoms with Crippen molar-refractivity contribution in [3.63, 3.8) is 0 Å². The highest BCUT2D eigenvalue weighted by Gasteiger charge is 2.25. The van der Waals surface area contributed by atoms with Gasteiger partial charge in [0.2, 0.25) is 0 Å². The van der Waals surface area contributed by atoms with Gasteiger partial charge in [-0.3, -0.25) is 4.79 Å². The van der Waals surface area contributed by atoms with E-state index >= 15 is 0 Å². The molecule has 0 radical (unpaired) electrons. The average Bonchev–Trinajstić information content (AvgIpc) is 2.83. The minimum absolute atomic E-state index is 0.0179. The van der Waals surface area contributed by atoms with E-state index in [9.17, 15) is 13.6 Å². The van der Waals surface area contributed by atoms with Crippen LogP contribution < -0.4 is 0 Å². The molecule has 2 nitrogen and oxygen atoms in total. The summed E-state index contributed by atoms with van der Waals surface area (Å²) in [4.78, 5) is 10.5. The number of carbonyl (C=O) groups excluding carboxylic acids is 1. The van der Waals surface area contributed by atoms with Crippen LogP contribution in [-0.2, 0) is 6.42 Å². The lowest BCUT2D eigenvalue weighted by molar-refractivity contribution is 0.106. The molecule has 1 fully saturated rings. The normalized spacial score (nSPS) is 16.2. The minimum Gasteiger partial charge on any atom is -0.459 e. The van der Waals surface area contributed by atoms with Gasteiger partial charge in [0, 0.05) is 6.42 Å². The summed E-state index contributed by atoms with van der Waals surface area (Å²) in [5.74, 6) is 0.576. The summed E-state index contributed by atoms with van der Waals surface area (Å²) in [6, 6.07) is 1.42. The van der Waals surface area contributed by atoms with Crippen LogP contribution in [0.15, 0.2) is 10.5 Å². The van der Waals surface area contributed by atoms with Crippen LogP contribution in [0.25, 0.3) is 0 Å². The van der Waals surface area contributed by atoms with E-state index in [1.807, 2.05) is 0 Å². The Balaban J connectivity index is 2.20. The Kier molecular flexibility index (Phi) is 2.35. The first-order chi connectivity index (χ1) is 6.70. The Hall–Kier alpha value is -1.19. The van der Waals surface area contributed by atoms with E-state index in [2.05, 4.69) is 0 Å². The monoisotopic (exact) mass is 200 g/mol. The zero-order chi connectivity index (χ0) is 10.1. The Labute approximate surface area is 79.9 Å². The van der Waals surface area contributed by atoms with Crippen molar-refractivity contribution in [3.8, 4) is 0 Å². The van der Waals surface area contributed by atoms with Gasteiger partial charge in [-0.05, 0) is 24.8 Å². The second-order valence-corrected chi connectivity index (χ2v) is 3.60. The van der Waals surface area contributed by atoms with E-state index < -0.39 is 12.2 Å². The maximum absolute atomic E-state index is 12.3. The van der Waals surface area contributed by atoms with Crippen LogP contribution in [0.3, 0.4) is 0 Å². The van der Waals surface area contributed by atoms with Gasteiger partial charge < -0.3 is 4.42 Å². The second kappa shape index (κ2) is 3.52. The first kappa shape index (κ1) is 9.37. The van der Waals surface area contributed by atoms with Crippen molar-refractivity contribution in [1.29, 1.82) is 0 Å². The molecule has 0 bridgehead atoms. The first-order valence-electron chi connectivity index (χ1n) is 4.56. The van der Waals surface area contributed by atoms with Gasteiger partial charge in [-0.25, -0.2) is 8.78 Å². The van der Waals surface area contributed by atoms with Crippen molar-refractivity contribution < 1.29 is 18.0 Å². The number of rotatable bonds is 4. The zero-order valence-corrected chi connectivity index (χ0v) is 7.50. The lowest BCUT2D eigenvalue weighted by Crippen LogP contribution is -1.85. The van der Waals surface area contributed by atoms with Crippen LogP contribution >= 0.6 is 0 Å². The largest absolute Gasteiger partial charge is 0.459 e. The Morgan fingerprint density at radius 2 is 2.29 bits per heavy atom. The maximum Gasteiger partial charge on any atom is 0.296 e. The molecular formula is C10H10F2O2. The van der Waals surface area contributed by atoms with Crippen LogP contribution in [0.1, 0.15) is 41.1 Å². The fourth-order valence-electron chi connectivity index (χ4n) is 1.44. The Morgan fingerprint density at radius 3 is 2.71 bits per heavy atom. The minimum atomic E-state index is -2.71. The molecule has 0 saturated heterocycles. The summed E-state index contributed by atoms with van der Waals surface area (Å²) in [6.07, 6.45) is 0.639. The molecule has 1 aromatic heterocycles. The molecule has 0 aliphatic heterocycles.